The number of nitrogens with two attached hydrogens (primary N) is 1. The zero-order valence-electron chi connectivity index (χ0n) is 17.6. The second-order valence-electron chi connectivity index (χ2n) is 7.96. The Morgan fingerprint density at radius 3 is 2.71 bits per heavy atom. The Labute approximate surface area is 184 Å². The molecule has 2 amide bonds. The van der Waals surface area contributed by atoms with E-state index in [4.69, 9.17) is 10.7 Å². The van der Waals surface area contributed by atoms with Crippen LogP contribution in [0, 0.1) is 6.92 Å². The number of aromatic nitrogens is 2. The van der Waals surface area contributed by atoms with Crippen molar-refractivity contribution in [2.45, 2.75) is 52.1 Å². The van der Waals surface area contributed by atoms with Gasteiger partial charge in [0.25, 0.3) is 11.5 Å². The second kappa shape index (κ2) is 9.01. The number of carbonyl (C=O) groups is 2. The van der Waals surface area contributed by atoms with Crippen LogP contribution in [0.1, 0.15) is 52.3 Å². The molecular weight excluding hydrogens is 412 g/mol. The molecule has 8 heteroatoms. The van der Waals surface area contributed by atoms with Crippen LogP contribution in [0.25, 0.3) is 10.2 Å². The number of carbonyl (C=O) groups excluding carboxylic acids is 2. The van der Waals surface area contributed by atoms with Crippen LogP contribution in [0.5, 0.6) is 0 Å². The van der Waals surface area contributed by atoms with E-state index in [1.165, 1.54) is 11.3 Å². The van der Waals surface area contributed by atoms with E-state index >= 15 is 0 Å². The number of hydrogen-bond donors (Lipinski definition) is 1. The number of aryl methyl sites for hydroxylation is 2. The number of fused-ring (bicyclic) bond motifs is 2. The highest BCUT2D eigenvalue weighted by Crippen LogP contribution is 2.30. The lowest BCUT2D eigenvalue weighted by atomic mass is 10.1. The molecule has 0 saturated carbocycles. The van der Waals surface area contributed by atoms with Crippen LogP contribution in [0.4, 0.5) is 0 Å². The molecule has 4 rings (SSSR count). The molecule has 0 atom stereocenters. The van der Waals surface area contributed by atoms with Gasteiger partial charge < -0.3 is 10.6 Å². The molecule has 0 unspecified atom stereocenters. The van der Waals surface area contributed by atoms with Gasteiger partial charge in [-0.15, -0.1) is 11.3 Å². The van der Waals surface area contributed by atoms with Crippen molar-refractivity contribution in [3.63, 3.8) is 0 Å². The Morgan fingerprint density at radius 1 is 1.19 bits per heavy atom. The first-order valence-corrected chi connectivity index (χ1v) is 11.4. The van der Waals surface area contributed by atoms with Gasteiger partial charge in [0.15, 0.2) is 0 Å². The normalized spacial score (nSPS) is 13.6. The van der Waals surface area contributed by atoms with Crippen molar-refractivity contribution < 1.29 is 9.59 Å². The summed E-state index contributed by atoms with van der Waals surface area (Å²) in [4.78, 5) is 45.6. The maximum atomic E-state index is 13.5. The number of benzene rings is 1. The molecule has 31 heavy (non-hydrogen) atoms. The molecular formula is C23H26N4O3S. The zero-order chi connectivity index (χ0) is 22.0. The highest BCUT2D eigenvalue weighted by atomic mass is 32.1. The summed E-state index contributed by atoms with van der Waals surface area (Å²) in [5, 5.41) is 0.536. The lowest BCUT2D eigenvalue weighted by molar-refractivity contribution is -0.118. The number of rotatable bonds is 6. The van der Waals surface area contributed by atoms with Crippen LogP contribution >= 0.6 is 11.3 Å². The van der Waals surface area contributed by atoms with Gasteiger partial charge in [-0.25, -0.2) is 4.98 Å². The van der Waals surface area contributed by atoms with E-state index in [0.717, 1.165) is 37.1 Å². The van der Waals surface area contributed by atoms with E-state index in [1.54, 1.807) is 9.47 Å². The quantitative estimate of drug-likeness (QED) is 0.640. The van der Waals surface area contributed by atoms with Gasteiger partial charge in [0.05, 0.1) is 10.3 Å². The molecule has 1 aliphatic heterocycles. The van der Waals surface area contributed by atoms with E-state index in [1.807, 2.05) is 37.3 Å². The lowest BCUT2D eigenvalue weighted by Crippen LogP contribution is -2.33. The Hall–Kier alpha value is -3.00. The summed E-state index contributed by atoms with van der Waals surface area (Å²) in [5.74, 6) is 0.151. The summed E-state index contributed by atoms with van der Waals surface area (Å²) in [6, 6.07) is 9.61. The van der Waals surface area contributed by atoms with E-state index in [-0.39, 0.29) is 24.4 Å². The van der Waals surface area contributed by atoms with Crippen molar-refractivity contribution in [3.05, 3.63) is 62.5 Å². The third-order valence-corrected chi connectivity index (χ3v) is 6.91. The number of hydrogen-bond acceptors (Lipinski definition) is 5. The Kier molecular flexibility index (Phi) is 6.18. The molecule has 3 heterocycles. The third-order valence-electron chi connectivity index (χ3n) is 5.74. The summed E-state index contributed by atoms with van der Waals surface area (Å²) < 4.78 is 1.78. The average Bonchev–Trinajstić information content (AvgIpc) is 2.92. The fraction of sp³-hybridized carbons (Fsp3) is 0.391. The lowest BCUT2D eigenvalue weighted by Gasteiger charge is -2.22. The predicted octanol–water partition coefficient (Wildman–Crippen LogP) is 3.01. The summed E-state index contributed by atoms with van der Waals surface area (Å²) in [6.07, 6.45) is 3.94. The fourth-order valence-electron chi connectivity index (χ4n) is 4.06. The van der Waals surface area contributed by atoms with Crippen molar-refractivity contribution >= 4 is 33.4 Å². The van der Waals surface area contributed by atoms with Gasteiger partial charge in [-0.3, -0.25) is 19.0 Å². The minimum absolute atomic E-state index is 0.0542. The number of amides is 2. The first kappa shape index (κ1) is 21.2. The maximum Gasteiger partial charge on any atom is 0.264 e. The summed E-state index contributed by atoms with van der Waals surface area (Å²) in [7, 11) is 0. The van der Waals surface area contributed by atoms with Crippen molar-refractivity contribution in [2.75, 3.05) is 6.54 Å². The fourth-order valence-corrected chi connectivity index (χ4v) is 5.22. The monoisotopic (exact) mass is 438 g/mol. The molecule has 162 valence electrons. The summed E-state index contributed by atoms with van der Waals surface area (Å²) in [6.45, 7) is 3.07. The number of primary amides is 1. The highest BCUT2D eigenvalue weighted by molar-refractivity contribution is 7.20. The standard InChI is InChI=1S/C23H26N4O3S/c1-15-19-21(25-18-10-6-3-7-12-27(18)22(19)29)31-20(15)23(30)26(13-11-17(24)28)14-16-8-4-2-5-9-16/h2,4-5,8-9H,3,6-7,10-14H2,1H3,(H2,24,28). The zero-order valence-corrected chi connectivity index (χ0v) is 18.4. The molecule has 0 spiro atoms. The highest BCUT2D eigenvalue weighted by Gasteiger charge is 2.25. The minimum atomic E-state index is -0.456. The summed E-state index contributed by atoms with van der Waals surface area (Å²) >= 11 is 1.27. The molecule has 0 aliphatic carbocycles. The van der Waals surface area contributed by atoms with E-state index < -0.39 is 5.91 Å². The Bertz CT molecular complexity index is 1180. The van der Waals surface area contributed by atoms with Crippen molar-refractivity contribution in [1.82, 2.24) is 14.5 Å². The van der Waals surface area contributed by atoms with Gasteiger partial charge in [0, 0.05) is 32.5 Å². The smallest absolute Gasteiger partial charge is 0.264 e. The molecule has 7 nitrogen and oxygen atoms in total. The second-order valence-corrected chi connectivity index (χ2v) is 8.96. The Morgan fingerprint density at radius 2 is 1.97 bits per heavy atom. The molecule has 2 N–H and O–H groups in total. The molecule has 3 aromatic rings. The van der Waals surface area contributed by atoms with Crippen LogP contribution in [0.2, 0.25) is 0 Å². The first-order chi connectivity index (χ1) is 15.0. The molecule has 2 aromatic heterocycles. The van der Waals surface area contributed by atoms with Gasteiger partial charge >= 0.3 is 0 Å². The van der Waals surface area contributed by atoms with Crippen molar-refractivity contribution in [1.29, 1.82) is 0 Å². The van der Waals surface area contributed by atoms with Gasteiger partial charge in [0.2, 0.25) is 5.91 Å². The average molecular weight is 439 g/mol. The van der Waals surface area contributed by atoms with Crippen LogP contribution in [-0.4, -0.2) is 32.8 Å². The first-order valence-electron chi connectivity index (χ1n) is 10.6. The van der Waals surface area contributed by atoms with Crippen molar-refractivity contribution in [3.8, 4) is 0 Å². The maximum absolute atomic E-state index is 13.5. The molecule has 1 aliphatic rings. The Balaban J connectivity index is 1.73. The van der Waals surface area contributed by atoms with E-state index in [0.29, 0.717) is 33.7 Å². The predicted molar refractivity (Wildman–Crippen MR) is 121 cm³/mol. The van der Waals surface area contributed by atoms with Gasteiger partial charge in [-0.05, 0) is 30.9 Å². The summed E-state index contributed by atoms with van der Waals surface area (Å²) in [5.41, 5.74) is 6.91. The van der Waals surface area contributed by atoms with Gasteiger partial charge in [0.1, 0.15) is 10.7 Å². The molecule has 0 bridgehead atoms. The molecule has 0 radical (unpaired) electrons. The minimum Gasteiger partial charge on any atom is -0.370 e. The molecule has 0 fully saturated rings. The SMILES string of the molecule is Cc1c(C(=O)N(CCC(N)=O)Cc2ccccc2)sc2nc3n(c(=O)c12)CCCCC3. The third kappa shape index (κ3) is 4.39. The largest absolute Gasteiger partial charge is 0.370 e. The van der Waals surface area contributed by atoms with Gasteiger partial charge in [-0.1, -0.05) is 36.8 Å². The number of thiophene rings is 1. The van der Waals surface area contributed by atoms with Crippen LogP contribution < -0.4 is 11.3 Å². The molecule has 1 aromatic carbocycles. The van der Waals surface area contributed by atoms with E-state index in [2.05, 4.69) is 0 Å². The van der Waals surface area contributed by atoms with Crippen LogP contribution in [0.15, 0.2) is 35.1 Å². The van der Waals surface area contributed by atoms with Crippen molar-refractivity contribution in [2.24, 2.45) is 5.73 Å². The van der Waals surface area contributed by atoms with E-state index in [9.17, 15) is 14.4 Å². The number of nitrogens with zero attached hydrogens (tertiary/aromatic N) is 3. The molecule has 0 saturated heterocycles. The topological polar surface area (TPSA) is 98.3 Å². The van der Waals surface area contributed by atoms with Crippen LogP contribution in [0.3, 0.4) is 0 Å². The van der Waals surface area contributed by atoms with Crippen LogP contribution in [-0.2, 0) is 24.3 Å². The van der Waals surface area contributed by atoms with Gasteiger partial charge in [-0.2, -0.15) is 0 Å².